The lowest BCUT2D eigenvalue weighted by Crippen LogP contribution is -2.07. The first-order valence-electron chi connectivity index (χ1n) is 6.53. The van der Waals surface area contributed by atoms with E-state index in [1.165, 1.54) is 6.07 Å². The summed E-state index contributed by atoms with van der Waals surface area (Å²) in [6, 6.07) is 8.56. The van der Waals surface area contributed by atoms with E-state index >= 15 is 0 Å². The fourth-order valence-corrected chi connectivity index (χ4v) is 2.02. The molecule has 20 heavy (non-hydrogen) atoms. The fraction of sp³-hybridized carbons (Fsp3) is 0.333. The molecule has 0 aliphatic heterocycles. The molecule has 2 aromatic rings. The van der Waals surface area contributed by atoms with Crippen molar-refractivity contribution >= 4 is 5.97 Å². The van der Waals surface area contributed by atoms with Crippen molar-refractivity contribution < 1.29 is 14.6 Å². The maximum absolute atomic E-state index is 10.8. The van der Waals surface area contributed by atoms with Crippen LogP contribution in [0.2, 0.25) is 0 Å². The third-order valence-electron chi connectivity index (χ3n) is 2.97. The Hall–Kier alpha value is -2.30. The van der Waals surface area contributed by atoms with Crippen molar-refractivity contribution in [3.05, 3.63) is 47.3 Å². The molecule has 0 radical (unpaired) electrons. The van der Waals surface area contributed by atoms with Gasteiger partial charge in [-0.05, 0) is 38.1 Å². The van der Waals surface area contributed by atoms with E-state index in [4.69, 9.17) is 9.84 Å². The second-order valence-corrected chi connectivity index (χ2v) is 4.69. The number of carbonyl (C=O) groups is 1. The van der Waals surface area contributed by atoms with E-state index < -0.39 is 5.97 Å². The molecule has 0 saturated heterocycles. The van der Waals surface area contributed by atoms with Crippen molar-refractivity contribution in [2.24, 2.45) is 0 Å². The molecule has 0 atom stereocenters. The Morgan fingerprint density at radius 1 is 1.35 bits per heavy atom. The topological polar surface area (TPSA) is 64.3 Å². The highest BCUT2D eigenvalue weighted by atomic mass is 16.5. The molecule has 0 spiro atoms. The van der Waals surface area contributed by atoms with Crippen molar-refractivity contribution in [3.63, 3.8) is 0 Å². The van der Waals surface area contributed by atoms with Crippen molar-refractivity contribution in [3.8, 4) is 5.75 Å². The number of hydrogen-bond acceptors (Lipinski definition) is 3. The normalized spacial score (nSPS) is 10.5. The summed E-state index contributed by atoms with van der Waals surface area (Å²) in [6.07, 6.45) is 0.819. The molecule has 1 heterocycles. The minimum Gasteiger partial charge on any atom is -0.494 e. The number of aryl methyl sites for hydroxylation is 3. The summed E-state index contributed by atoms with van der Waals surface area (Å²) < 4.78 is 7.51. The van der Waals surface area contributed by atoms with Crippen LogP contribution in [0.1, 0.15) is 28.2 Å². The molecular formula is C15H18N2O3. The average Bonchev–Trinajstić information content (AvgIpc) is 2.73. The summed E-state index contributed by atoms with van der Waals surface area (Å²) in [6.45, 7) is 5.31. The molecule has 1 aromatic heterocycles. The Morgan fingerprint density at radius 2 is 2.15 bits per heavy atom. The minimum absolute atomic E-state index is 0.237. The summed E-state index contributed by atoms with van der Waals surface area (Å²) >= 11 is 0. The summed E-state index contributed by atoms with van der Waals surface area (Å²) in [5.41, 5.74) is 2.38. The van der Waals surface area contributed by atoms with E-state index in [0.29, 0.717) is 12.4 Å². The van der Waals surface area contributed by atoms with Crippen LogP contribution in [-0.2, 0) is 6.54 Å². The third-order valence-corrected chi connectivity index (χ3v) is 2.97. The van der Waals surface area contributed by atoms with Gasteiger partial charge in [0, 0.05) is 18.7 Å². The summed E-state index contributed by atoms with van der Waals surface area (Å²) in [5.74, 6) is -0.364. The van der Waals surface area contributed by atoms with Crippen LogP contribution in [0.4, 0.5) is 0 Å². The van der Waals surface area contributed by atoms with E-state index in [-0.39, 0.29) is 5.56 Å². The Balaban J connectivity index is 1.83. The van der Waals surface area contributed by atoms with Gasteiger partial charge in [-0.25, -0.2) is 4.79 Å². The molecule has 5 nitrogen and oxygen atoms in total. The molecule has 106 valence electrons. The van der Waals surface area contributed by atoms with Crippen LogP contribution in [0, 0.1) is 13.8 Å². The Labute approximate surface area is 117 Å². The van der Waals surface area contributed by atoms with Crippen molar-refractivity contribution in [1.82, 2.24) is 9.78 Å². The van der Waals surface area contributed by atoms with Crippen LogP contribution < -0.4 is 4.74 Å². The first kappa shape index (κ1) is 14.1. The zero-order valence-corrected chi connectivity index (χ0v) is 11.7. The second-order valence-electron chi connectivity index (χ2n) is 4.69. The Bertz CT molecular complexity index is 605. The van der Waals surface area contributed by atoms with Gasteiger partial charge in [-0.1, -0.05) is 6.07 Å². The molecule has 0 unspecified atom stereocenters. The van der Waals surface area contributed by atoms with Gasteiger partial charge in [-0.3, -0.25) is 4.68 Å². The summed E-state index contributed by atoms with van der Waals surface area (Å²) in [7, 11) is 0. The predicted molar refractivity (Wildman–Crippen MR) is 75.2 cm³/mol. The van der Waals surface area contributed by atoms with Crippen molar-refractivity contribution in [1.29, 1.82) is 0 Å². The van der Waals surface area contributed by atoms with Gasteiger partial charge < -0.3 is 9.84 Å². The number of benzene rings is 1. The number of hydrogen-bond donors (Lipinski definition) is 1. The number of carboxylic acid groups (broad SMARTS) is 1. The van der Waals surface area contributed by atoms with Crippen LogP contribution in [0.15, 0.2) is 30.3 Å². The number of carboxylic acids is 1. The minimum atomic E-state index is -0.946. The largest absolute Gasteiger partial charge is 0.494 e. The third kappa shape index (κ3) is 3.60. The summed E-state index contributed by atoms with van der Waals surface area (Å²) in [5, 5.41) is 13.3. The molecule has 0 amide bonds. The highest BCUT2D eigenvalue weighted by Crippen LogP contribution is 2.13. The maximum atomic E-state index is 10.8. The van der Waals surface area contributed by atoms with Crippen molar-refractivity contribution in [2.45, 2.75) is 26.8 Å². The number of aromatic carboxylic acids is 1. The smallest absolute Gasteiger partial charge is 0.335 e. The first-order valence-corrected chi connectivity index (χ1v) is 6.53. The van der Waals surface area contributed by atoms with E-state index in [0.717, 1.165) is 24.4 Å². The van der Waals surface area contributed by atoms with E-state index in [1.807, 2.05) is 24.6 Å². The average molecular weight is 274 g/mol. The zero-order valence-electron chi connectivity index (χ0n) is 11.7. The standard InChI is InChI=1S/C15H18N2O3/c1-11-9-12(2)17(16-11)7-4-8-20-14-6-3-5-13(10-14)15(18)19/h3,5-6,9-10H,4,7-8H2,1-2H3,(H,18,19). The number of aromatic nitrogens is 2. The van der Waals surface area contributed by atoms with Gasteiger partial charge in [0.2, 0.25) is 0 Å². The van der Waals surface area contributed by atoms with Gasteiger partial charge in [0.05, 0.1) is 17.9 Å². The van der Waals surface area contributed by atoms with Crippen LogP contribution >= 0.6 is 0 Å². The van der Waals surface area contributed by atoms with Gasteiger partial charge >= 0.3 is 5.97 Å². The lowest BCUT2D eigenvalue weighted by Gasteiger charge is -2.08. The highest BCUT2D eigenvalue weighted by molar-refractivity contribution is 5.87. The van der Waals surface area contributed by atoms with Crippen LogP contribution in [0.5, 0.6) is 5.75 Å². The molecule has 1 N–H and O–H groups in total. The molecule has 2 rings (SSSR count). The molecule has 0 bridgehead atoms. The zero-order chi connectivity index (χ0) is 14.5. The lowest BCUT2D eigenvalue weighted by atomic mass is 10.2. The fourth-order valence-electron chi connectivity index (χ4n) is 2.02. The molecule has 0 aliphatic carbocycles. The predicted octanol–water partition coefficient (Wildman–Crippen LogP) is 2.67. The first-order chi connectivity index (χ1) is 9.56. The van der Waals surface area contributed by atoms with Gasteiger partial charge in [-0.15, -0.1) is 0 Å². The SMILES string of the molecule is Cc1cc(C)n(CCCOc2cccc(C(=O)O)c2)n1. The molecular weight excluding hydrogens is 256 g/mol. The lowest BCUT2D eigenvalue weighted by molar-refractivity contribution is 0.0696. The molecule has 5 heteroatoms. The van der Waals surface area contributed by atoms with Crippen LogP contribution in [0.25, 0.3) is 0 Å². The molecule has 0 aliphatic rings. The van der Waals surface area contributed by atoms with Crippen LogP contribution in [-0.4, -0.2) is 27.5 Å². The molecule has 0 saturated carbocycles. The maximum Gasteiger partial charge on any atom is 0.335 e. The molecule has 1 aromatic carbocycles. The van der Waals surface area contributed by atoms with E-state index in [9.17, 15) is 4.79 Å². The Kier molecular flexibility index (Phi) is 4.40. The van der Waals surface area contributed by atoms with Gasteiger partial charge in [-0.2, -0.15) is 5.10 Å². The Morgan fingerprint density at radius 3 is 2.80 bits per heavy atom. The second kappa shape index (κ2) is 6.23. The monoisotopic (exact) mass is 274 g/mol. The van der Waals surface area contributed by atoms with E-state index in [1.54, 1.807) is 18.2 Å². The van der Waals surface area contributed by atoms with Gasteiger partial charge in [0.15, 0.2) is 0 Å². The van der Waals surface area contributed by atoms with E-state index in [2.05, 4.69) is 5.10 Å². The van der Waals surface area contributed by atoms with Crippen LogP contribution in [0.3, 0.4) is 0 Å². The van der Waals surface area contributed by atoms with Crippen molar-refractivity contribution in [2.75, 3.05) is 6.61 Å². The number of rotatable bonds is 6. The quantitative estimate of drug-likeness (QED) is 0.822. The number of nitrogens with zero attached hydrogens (tertiary/aromatic N) is 2. The highest BCUT2D eigenvalue weighted by Gasteiger charge is 2.04. The molecule has 0 fully saturated rings. The van der Waals surface area contributed by atoms with Gasteiger partial charge in [0.25, 0.3) is 0 Å². The van der Waals surface area contributed by atoms with Gasteiger partial charge in [0.1, 0.15) is 5.75 Å². The summed E-state index contributed by atoms with van der Waals surface area (Å²) in [4.78, 5) is 10.8. The number of ether oxygens (including phenoxy) is 1.